The lowest BCUT2D eigenvalue weighted by Gasteiger charge is -2.30. The maximum Gasteiger partial charge on any atom is 0.252 e. The monoisotopic (exact) mass is 244 g/mol. The number of hydrazine groups is 1. The van der Waals surface area contributed by atoms with Gasteiger partial charge in [0, 0.05) is 13.5 Å². The second kappa shape index (κ2) is 7.24. The van der Waals surface area contributed by atoms with Crippen molar-refractivity contribution in [1.29, 1.82) is 0 Å². The molecule has 0 saturated heterocycles. The lowest BCUT2D eigenvalue weighted by molar-refractivity contribution is -0.128. The molecule has 0 heterocycles. The van der Waals surface area contributed by atoms with E-state index in [-0.39, 0.29) is 23.8 Å². The van der Waals surface area contributed by atoms with Crippen LogP contribution in [0.3, 0.4) is 0 Å². The largest absolute Gasteiger partial charge is 0.330 e. The van der Waals surface area contributed by atoms with E-state index in [2.05, 4.69) is 24.7 Å². The molecule has 0 fully saturated rings. The Kier molecular flexibility index (Phi) is 6.75. The predicted octanol–water partition coefficient (Wildman–Crippen LogP) is -0.539. The molecule has 0 aromatic rings. The second-order valence-electron chi connectivity index (χ2n) is 4.90. The van der Waals surface area contributed by atoms with Crippen LogP contribution < -0.4 is 16.6 Å². The van der Waals surface area contributed by atoms with E-state index in [0.717, 1.165) is 13.1 Å². The van der Waals surface area contributed by atoms with E-state index in [1.54, 1.807) is 0 Å². The van der Waals surface area contributed by atoms with Gasteiger partial charge in [-0.1, -0.05) is 20.8 Å². The van der Waals surface area contributed by atoms with Gasteiger partial charge in [0.05, 0.1) is 6.54 Å². The number of rotatable bonds is 6. The zero-order valence-electron chi connectivity index (χ0n) is 11.2. The fourth-order valence-electron chi connectivity index (χ4n) is 1.35. The van der Waals surface area contributed by atoms with E-state index in [0.29, 0.717) is 6.54 Å². The van der Waals surface area contributed by atoms with Crippen molar-refractivity contribution in [2.75, 3.05) is 26.2 Å². The zero-order valence-corrected chi connectivity index (χ0v) is 11.2. The Labute approximate surface area is 103 Å². The van der Waals surface area contributed by atoms with Gasteiger partial charge in [0.25, 0.3) is 5.91 Å². The van der Waals surface area contributed by atoms with Crippen molar-refractivity contribution < 1.29 is 9.59 Å². The summed E-state index contributed by atoms with van der Waals surface area (Å²) in [5.74, 6) is -0.515. The fourth-order valence-corrected chi connectivity index (χ4v) is 1.35. The third kappa shape index (κ3) is 7.70. The van der Waals surface area contributed by atoms with Gasteiger partial charge in [0.15, 0.2) is 0 Å². The lowest BCUT2D eigenvalue weighted by Crippen LogP contribution is -2.48. The smallest absolute Gasteiger partial charge is 0.252 e. The van der Waals surface area contributed by atoms with E-state index in [1.807, 2.05) is 11.8 Å². The van der Waals surface area contributed by atoms with Crippen LogP contribution in [0, 0.1) is 5.41 Å². The summed E-state index contributed by atoms with van der Waals surface area (Å²) >= 11 is 0. The molecule has 0 aromatic carbocycles. The Morgan fingerprint density at radius 3 is 2.29 bits per heavy atom. The highest BCUT2D eigenvalue weighted by atomic mass is 16.2. The van der Waals surface area contributed by atoms with Crippen molar-refractivity contribution in [2.24, 2.45) is 11.1 Å². The molecule has 0 saturated carbocycles. The molecule has 2 amide bonds. The van der Waals surface area contributed by atoms with E-state index in [1.165, 1.54) is 6.92 Å². The average molecular weight is 244 g/mol. The third-order valence-electron chi connectivity index (χ3n) is 2.40. The molecule has 0 bridgehead atoms. The quantitative estimate of drug-likeness (QED) is 0.548. The summed E-state index contributed by atoms with van der Waals surface area (Å²) in [5, 5.41) is 0. The molecule has 0 radical (unpaired) electrons. The van der Waals surface area contributed by atoms with Crippen LogP contribution in [-0.2, 0) is 9.59 Å². The van der Waals surface area contributed by atoms with E-state index in [9.17, 15) is 9.59 Å². The summed E-state index contributed by atoms with van der Waals surface area (Å²) in [5.41, 5.74) is 10.2. The third-order valence-corrected chi connectivity index (χ3v) is 2.40. The van der Waals surface area contributed by atoms with Gasteiger partial charge in [-0.15, -0.1) is 0 Å². The maximum atomic E-state index is 11.5. The van der Waals surface area contributed by atoms with Crippen LogP contribution >= 0.6 is 0 Å². The van der Waals surface area contributed by atoms with Crippen molar-refractivity contribution in [3.8, 4) is 0 Å². The molecule has 0 aromatic heterocycles. The first kappa shape index (κ1) is 15.9. The Bertz CT molecular complexity index is 266. The van der Waals surface area contributed by atoms with Crippen molar-refractivity contribution in [2.45, 2.75) is 27.7 Å². The number of carbonyl (C=O) groups excluding carboxylic acids is 2. The molecule has 17 heavy (non-hydrogen) atoms. The number of nitrogens with one attached hydrogen (secondary N) is 2. The minimum Gasteiger partial charge on any atom is -0.330 e. The van der Waals surface area contributed by atoms with Crippen molar-refractivity contribution in [3.63, 3.8) is 0 Å². The summed E-state index contributed by atoms with van der Waals surface area (Å²) in [7, 11) is 0. The highest BCUT2D eigenvalue weighted by Crippen LogP contribution is 2.14. The van der Waals surface area contributed by atoms with Crippen molar-refractivity contribution in [1.82, 2.24) is 15.8 Å². The first-order valence-corrected chi connectivity index (χ1v) is 5.78. The fraction of sp³-hybridized carbons (Fsp3) is 0.818. The van der Waals surface area contributed by atoms with Gasteiger partial charge in [-0.2, -0.15) is 0 Å². The molecule has 6 nitrogen and oxygen atoms in total. The van der Waals surface area contributed by atoms with E-state index < -0.39 is 0 Å². The van der Waals surface area contributed by atoms with Gasteiger partial charge in [0.2, 0.25) is 5.91 Å². The summed E-state index contributed by atoms with van der Waals surface area (Å²) < 4.78 is 0. The molecule has 0 aliphatic heterocycles. The normalized spacial score (nSPS) is 11.4. The molecule has 6 heteroatoms. The predicted molar refractivity (Wildman–Crippen MR) is 66.9 cm³/mol. The summed E-state index contributed by atoms with van der Waals surface area (Å²) in [6, 6.07) is 0. The molecule has 4 N–H and O–H groups in total. The molecule has 100 valence electrons. The van der Waals surface area contributed by atoms with Crippen LogP contribution in [0.4, 0.5) is 0 Å². The summed E-state index contributed by atoms with van der Waals surface area (Å²) in [6.45, 7) is 9.76. The van der Waals surface area contributed by atoms with Gasteiger partial charge < -0.3 is 5.73 Å². The van der Waals surface area contributed by atoms with Gasteiger partial charge in [-0.3, -0.25) is 25.3 Å². The van der Waals surface area contributed by atoms with Crippen molar-refractivity contribution in [3.05, 3.63) is 0 Å². The topological polar surface area (TPSA) is 87.5 Å². The van der Waals surface area contributed by atoms with Gasteiger partial charge in [0.1, 0.15) is 0 Å². The molecular formula is C11H24N4O2. The molecule has 0 aliphatic rings. The number of likely N-dealkylation sites (N-methyl/N-ethyl adjacent to an activating group) is 1. The molecule has 0 spiro atoms. The van der Waals surface area contributed by atoms with Crippen LogP contribution in [0.2, 0.25) is 0 Å². The minimum absolute atomic E-state index is 0.0235. The number of nitrogens with two attached hydrogens (primary N) is 1. The van der Waals surface area contributed by atoms with Crippen LogP contribution in [0.1, 0.15) is 27.7 Å². The lowest BCUT2D eigenvalue weighted by atomic mass is 9.93. The Balaban J connectivity index is 4.12. The van der Waals surface area contributed by atoms with Gasteiger partial charge >= 0.3 is 0 Å². The zero-order chi connectivity index (χ0) is 13.5. The first-order valence-electron chi connectivity index (χ1n) is 5.78. The first-order chi connectivity index (χ1) is 7.80. The Hall–Kier alpha value is -1.14. The highest BCUT2D eigenvalue weighted by molar-refractivity contribution is 5.81. The molecule has 0 aliphatic carbocycles. The molecule has 0 unspecified atom stereocenters. The number of hydrogen-bond acceptors (Lipinski definition) is 4. The molecule has 0 atom stereocenters. The van der Waals surface area contributed by atoms with Gasteiger partial charge in [-0.05, 0) is 18.5 Å². The Morgan fingerprint density at radius 1 is 1.29 bits per heavy atom. The Morgan fingerprint density at radius 2 is 1.88 bits per heavy atom. The van der Waals surface area contributed by atoms with Crippen LogP contribution in [-0.4, -0.2) is 42.9 Å². The standard InChI is InChI=1S/C11H24N4O2/c1-5-15(8-11(3,4)7-12)6-10(17)14-13-9(2)16/h5-8,12H2,1-4H3,(H,13,16)(H,14,17). The second-order valence-corrected chi connectivity index (χ2v) is 4.90. The van der Waals surface area contributed by atoms with Crippen LogP contribution in [0.25, 0.3) is 0 Å². The number of hydrogen-bond donors (Lipinski definition) is 3. The van der Waals surface area contributed by atoms with Gasteiger partial charge in [-0.25, -0.2) is 0 Å². The molecular weight excluding hydrogens is 220 g/mol. The number of nitrogens with zero attached hydrogens (tertiary/aromatic N) is 1. The maximum absolute atomic E-state index is 11.5. The SMILES string of the molecule is CCN(CC(=O)NNC(C)=O)CC(C)(C)CN. The van der Waals surface area contributed by atoms with Crippen molar-refractivity contribution >= 4 is 11.8 Å². The number of amides is 2. The summed E-state index contributed by atoms with van der Waals surface area (Å²) in [6.07, 6.45) is 0. The highest BCUT2D eigenvalue weighted by Gasteiger charge is 2.20. The average Bonchev–Trinajstić information content (AvgIpc) is 2.25. The van der Waals surface area contributed by atoms with E-state index in [4.69, 9.17) is 5.73 Å². The minimum atomic E-state index is -0.288. The van der Waals surface area contributed by atoms with E-state index >= 15 is 0 Å². The number of carbonyl (C=O) groups is 2. The van der Waals surface area contributed by atoms with Crippen LogP contribution in [0.15, 0.2) is 0 Å². The van der Waals surface area contributed by atoms with Crippen LogP contribution in [0.5, 0.6) is 0 Å². The molecule has 0 rings (SSSR count). The summed E-state index contributed by atoms with van der Waals surface area (Å²) in [4.78, 5) is 24.1.